The Morgan fingerprint density at radius 3 is 2.74 bits per heavy atom. The van der Waals surface area contributed by atoms with Crippen LogP contribution in [0, 0.1) is 0 Å². The number of rotatable bonds is 7. The Kier molecular flexibility index (Phi) is 6.37. The summed E-state index contributed by atoms with van der Waals surface area (Å²) in [4.78, 5) is 26.4. The van der Waals surface area contributed by atoms with E-state index in [2.05, 4.69) is 48.4 Å². The third-order valence-corrected chi connectivity index (χ3v) is 5.90. The Hall–Kier alpha value is -3.56. The third kappa shape index (κ3) is 5.00. The molecule has 0 radical (unpaired) electrons. The maximum Gasteiger partial charge on any atom is 0.256 e. The van der Waals surface area contributed by atoms with Gasteiger partial charge in [0.15, 0.2) is 0 Å². The Morgan fingerprint density at radius 1 is 1.09 bits per heavy atom. The lowest BCUT2D eigenvalue weighted by molar-refractivity contribution is 0.00674. The van der Waals surface area contributed by atoms with Gasteiger partial charge in [-0.2, -0.15) is 4.98 Å². The lowest BCUT2D eigenvalue weighted by atomic mass is 10.0. The first kappa shape index (κ1) is 22.2. The molecule has 1 saturated heterocycles. The number of aromatic nitrogens is 3. The van der Waals surface area contributed by atoms with Crippen LogP contribution >= 0.6 is 0 Å². The van der Waals surface area contributed by atoms with E-state index in [1.165, 1.54) is 11.1 Å². The summed E-state index contributed by atoms with van der Waals surface area (Å²) in [5, 5.41) is 12.9. The molecule has 9 heteroatoms. The molecule has 5 rings (SSSR count). The number of nitrogens with one attached hydrogen (secondary N) is 4. The Labute approximate surface area is 198 Å². The average molecular weight is 460 g/mol. The predicted octanol–water partition coefficient (Wildman–Crippen LogP) is 3.26. The summed E-state index contributed by atoms with van der Waals surface area (Å²) in [7, 11) is 0. The molecule has 34 heavy (non-hydrogen) atoms. The van der Waals surface area contributed by atoms with Gasteiger partial charge in [0.05, 0.1) is 18.9 Å². The van der Waals surface area contributed by atoms with Gasteiger partial charge in [-0.05, 0) is 62.2 Å². The number of carbonyl (C=O) groups is 1. The van der Waals surface area contributed by atoms with Crippen molar-refractivity contribution in [3.8, 4) is 0 Å². The van der Waals surface area contributed by atoms with Crippen LogP contribution in [0.5, 0.6) is 0 Å². The number of amides is 1. The van der Waals surface area contributed by atoms with E-state index >= 15 is 0 Å². The molecule has 0 saturated carbocycles. The first-order valence-electron chi connectivity index (χ1n) is 11.6. The van der Waals surface area contributed by atoms with Crippen LogP contribution in [0.3, 0.4) is 0 Å². The molecular weight excluding hydrogens is 430 g/mol. The fourth-order valence-electron chi connectivity index (χ4n) is 4.02. The van der Waals surface area contributed by atoms with Crippen molar-refractivity contribution >= 4 is 29.0 Å². The molecule has 1 aromatic carbocycles. The summed E-state index contributed by atoms with van der Waals surface area (Å²) in [5.41, 5.74) is 5.69. The van der Waals surface area contributed by atoms with Gasteiger partial charge < -0.3 is 26.0 Å². The van der Waals surface area contributed by atoms with Crippen LogP contribution in [-0.2, 0) is 17.7 Å². The fraction of sp³-hybridized carbons (Fsp3) is 0.360. The lowest BCUT2D eigenvalue weighted by Gasteiger charge is -2.25. The topological polar surface area (TPSA) is 113 Å². The highest BCUT2D eigenvalue weighted by Gasteiger charge is 2.22. The van der Waals surface area contributed by atoms with Crippen molar-refractivity contribution in [1.82, 2.24) is 25.6 Å². The molecule has 9 nitrogen and oxygen atoms in total. The molecule has 1 amide bonds. The van der Waals surface area contributed by atoms with Gasteiger partial charge in [0.2, 0.25) is 5.95 Å². The Morgan fingerprint density at radius 2 is 1.94 bits per heavy atom. The molecular formula is C25H29N7O2. The number of fused-ring (bicyclic) bond motifs is 1. The molecule has 3 aromatic rings. The molecule has 4 N–H and O–H groups in total. The molecule has 4 heterocycles. The molecule has 176 valence electrons. The summed E-state index contributed by atoms with van der Waals surface area (Å²) in [6.45, 7) is 7.06. The maximum atomic E-state index is 12.8. The molecule has 0 spiro atoms. The molecule has 0 aliphatic carbocycles. The first-order chi connectivity index (χ1) is 16.5. The van der Waals surface area contributed by atoms with E-state index in [0.717, 1.165) is 36.6 Å². The summed E-state index contributed by atoms with van der Waals surface area (Å²) in [6.07, 6.45) is 4.30. The van der Waals surface area contributed by atoms with Crippen LogP contribution in [0.4, 0.5) is 23.1 Å². The highest BCUT2D eigenvalue weighted by molar-refractivity contribution is 5.99. The van der Waals surface area contributed by atoms with Crippen LogP contribution in [0.1, 0.15) is 46.9 Å². The summed E-state index contributed by atoms with van der Waals surface area (Å²) >= 11 is 0. The van der Waals surface area contributed by atoms with Gasteiger partial charge in [0.25, 0.3) is 5.91 Å². The molecule has 0 bridgehead atoms. The van der Waals surface area contributed by atoms with E-state index in [1.54, 1.807) is 12.4 Å². The van der Waals surface area contributed by atoms with Crippen molar-refractivity contribution in [2.75, 3.05) is 30.4 Å². The van der Waals surface area contributed by atoms with Gasteiger partial charge in [0.1, 0.15) is 11.4 Å². The molecule has 0 atom stereocenters. The minimum atomic E-state index is -0.230. The largest absolute Gasteiger partial charge is 0.380 e. The average Bonchev–Trinajstić information content (AvgIpc) is 2.78. The third-order valence-electron chi connectivity index (χ3n) is 5.90. The number of hydrogen-bond acceptors (Lipinski definition) is 8. The minimum Gasteiger partial charge on any atom is -0.380 e. The van der Waals surface area contributed by atoms with Crippen molar-refractivity contribution in [3.05, 3.63) is 65.1 Å². The molecule has 2 aliphatic heterocycles. The maximum absolute atomic E-state index is 12.8. The van der Waals surface area contributed by atoms with Gasteiger partial charge >= 0.3 is 0 Å². The lowest BCUT2D eigenvalue weighted by Crippen LogP contribution is -2.31. The highest BCUT2D eigenvalue weighted by atomic mass is 16.5. The van der Waals surface area contributed by atoms with Crippen molar-refractivity contribution in [1.29, 1.82) is 0 Å². The van der Waals surface area contributed by atoms with Crippen LogP contribution in [0.15, 0.2) is 42.7 Å². The number of anilines is 4. The van der Waals surface area contributed by atoms with Gasteiger partial charge in [-0.25, -0.2) is 4.98 Å². The molecule has 2 aromatic heterocycles. The summed E-state index contributed by atoms with van der Waals surface area (Å²) in [6, 6.07) is 10.1. The van der Waals surface area contributed by atoms with Crippen LogP contribution in [0.2, 0.25) is 0 Å². The van der Waals surface area contributed by atoms with E-state index < -0.39 is 0 Å². The van der Waals surface area contributed by atoms with E-state index in [9.17, 15) is 4.79 Å². The van der Waals surface area contributed by atoms with Crippen LogP contribution in [-0.4, -0.2) is 46.7 Å². The van der Waals surface area contributed by atoms with Gasteiger partial charge in [-0.15, -0.1) is 0 Å². The second-order valence-electron chi connectivity index (χ2n) is 8.95. The smallest absolute Gasteiger partial charge is 0.256 e. The standard InChI is InChI=1S/C25H29N7O2/c1-15(2)29-24(33)21-12-28-25(31-19-4-3-17-11-26-7-5-16(17)9-19)32-23(21)30-20-6-8-27-22(10-20)18-13-34-14-18/h3-4,6,8-10,12,15,18,26H,5,7,11,13-14H2,1-2H3,(H,29,33)(H2,27,28,30,31,32). The Balaban J connectivity index is 1.43. The fourth-order valence-corrected chi connectivity index (χ4v) is 4.02. The number of ether oxygens (including phenoxy) is 1. The highest BCUT2D eigenvalue weighted by Crippen LogP contribution is 2.27. The SMILES string of the molecule is CC(C)NC(=O)c1cnc(Nc2ccc3c(c2)CCNC3)nc1Nc1ccnc(C2COC2)c1. The molecule has 0 unspecified atom stereocenters. The van der Waals surface area contributed by atoms with Gasteiger partial charge in [-0.1, -0.05) is 6.07 Å². The zero-order valence-corrected chi connectivity index (χ0v) is 19.4. The van der Waals surface area contributed by atoms with Crippen LogP contribution < -0.4 is 21.3 Å². The summed E-state index contributed by atoms with van der Waals surface area (Å²) < 4.78 is 5.30. The summed E-state index contributed by atoms with van der Waals surface area (Å²) in [5.74, 6) is 0.915. The van der Waals surface area contributed by atoms with E-state index in [0.29, 0.717) is 36.5 Å². The van der Waals surface area contributed by atoms with Crippen molar-refractivity contribution < 1.29 is 9.53 Å². The second-order valence-corrected chi connectivity index (χ2v) is 8.95. The van der Waals surface area contributed by atoms with Crippen molar-refractivity contribution in [2.24, 2.45) is 0 Å². The quantitative estimate of drug-likeness (QED) is 0.426. The number of hydrogen-bond donors (Lipinski definition) is 4. The molecule has 1 fully saturated rings. The number of nitrogens with zero attached hydrogens (tertiary/aromatic N) is 3. The van der Waals surface area contributed by atoms with Crippen molar-refractivity contribution in [2.45, 2.75) is 38.8 Å². The monoisotopic (exact) mass is 459 g/mol. The zero-order chi connectivity index (χ0) is 23.5. The number of carbonyl (C=O) groups excluding carboxylic acids is 1. The normalized spacial score (nSPS) is 15.4. The number of pyridine rings is 1. The molecule has 2 aliphatic rings. The first-order valence-corrected chi connectivity index (χ1v) is 11.6. The Bertz CT molecular complexity index is 1190. The van der Waals surface area contributed by atoms with Crippen molar-refractivity contribution in [3.63, 3.8) is 0 Å². The second kappa shape index (κ2) is 9.74. The van der Waals surface area contributed by atoms with E-state index in [-0.39, 0.29) is 11.9 Å². The number of benzene rings is 1. The minimum absolute atomic E-state index is 0.00530. The van der Waals surface area contributed by atoms with Gasteiger partial charge in [0, 0.05) is 42.3 Å². The van der Waals surface area contributed by atoms with Crippen LogP contribution in [0.25, 0.3) is 0 Å². The van der Waals surface area contributed by atoms with Gasteiger partial charge in [-0.3, -0.25) is 9.78 Å². The zero-order valence-electron chi connectivity index (χ0n) is 19.4. The predicted molar refractivity (Wildman–Crippen MR) is 131 cm³/mol. The van der Waals surface area contributed by atoms with E-state index in [4.69, 9.17) is 4.74 Å². The van der Waals surface area contributed by atoms with E-state index in [1.807, 2.05) is 32.0 Å².